The highest BCUT2D eigenvalue weighted by Gasteiger charge is 2.54. The summed E-state index contributed by atoms with van der Waals surface area (Å²) in [5.41, 5.74) is 1.14. The largest absolute Gasteiger partial charge is 0.508 e. The number of carbonyl (C=O) groups excluding carboxylic acids is 1. The van der Waals surface area contributed by atoms with Gasteiger partial charge in [0.15, 0.2) is 0 Å². The molecule has 1 aromatic rings. The predicted molar refractivity (Wildman–Crippen MR) is 88.0 cm³/mol. The van der Waals surface area contributed by atoms with Crippen molar-refractivity contribution >= 4 is 5.97 Å². The first-order valence-corrected chi connectivity index (χ1v) is 9.00. The van der Waals surface area contributed by atoms with Crippen LogP contribution in [0.3, 0.4) is 0 Å². The normalized spacial score (nSPS) is 36.0. The highest BCUT2D eigenvalue weighted by Crippen LogP contribution is 2.61. The van der Waals surface area contributed by atoms with Gasteiger partial charge in [0.1, 0.15) is 11.9 Å². The predicted octanol–water partition coefficient (Wildman–Crippen LogP) is 4.08. The molecular formula is C20H26O3. The smallest absolute Gasteiger partial charge is 0.310 e. The van der Waals surface area contributed by atoms with Crippen molar-refractivity contribution in [3.63, 3.8) is 0 Å². The van der Waals surface area contributed by atoms with Crippen LogP contribution in [0.5, 0.6) is 5.75 Å². The lowest BCUT2D eigenvalue weighted by Gasteiger charge is -2.58. The first-order chi connectivity index (χ1) is 11.0. The van der Waals surface area contributed by atoms with E-state index in [1.165, 1.54) is 38.5 Å². The van der Waals surface area contributed by atoms with Crippen LogP contribution in [0, 0.1) is 23.2 Å². The number of benzene rings is 1. The van der Waals surface area contributed by atoms with Crippen molar-refractivity contribution in [3.05, 3.63) is 29.8 Å². The molecule has 3 heteroatoms. The number of hydrogen-bond donors (Lipinski definition) is 1. The van der Waals surface area contributed by atoms with Gasteiger partial charge in [0.25, 0.3) is 0 Å². The molecule has 3 nitrogen and oxygen atoms in total. The van der Waals surface area contributed by atoms with Crippen LogP contribution >= 0.6 is 0 Å². The van der Waals surface area contributed by atoms with Gasteiger partial charge in [0, 0.05) is 5.41 Å². The Kier molecular flexibility index (Phi) is 3.62. The minimum Gasteiger partial charge on any atom is -0.508 e. The lowest BCUT2D eigenvalue weighted by atomic mass is 9.48. The Morgan fingerprint density at radius 2 is 1.65 bits per heavy atom. The van der Waals surface area contributed by atoms with Gasteiger partial charge in [-0.3, -0.25) is 4.79 Å². The van der Waals surface area contributed by atoms with Gasteiger partial charge in [-0.2, -0.15) is 0 Å². The first kappa shape index (κ1) is 15.0. The third-order valence-electron chi connectivity index (χ3n) is 6.54. The number of carbonyl (C=O) groups is 1. The average Bonchev–Trinajstić information content (AvgIpc) is 2.48. The maximum absolute atomic E-state index is 12.3. The van der Waals surface area contributed by atoms with Crippen LogP contribution in [-0.2, 0) is 16.0 Å². The number of rotatable bonds is 4. The molecule has 0 radical (unpaired) electrons. The molecule has 0 aliphatic heterocycles. The third kappa shape index (κ3) is 2.86. The zero-order valence-corrected chi connectivity index (χ0v) is 13.8. The molecular weight excluding hydrogens is 288 g/mol. The molecule has 0 amide bonds. The second-order valence-corrected chi connectivity index (χ2v) is 8.26. The summed E-state index contributed by atoms with van der Waals surface area (Å²) in [6.45, 7) is 2.11. The monoisotopic (exact) mass is 314 g/mol. The van der Waals surface area contributed by atoms with Crippen LogP contribution in [0.4, 0.5) is 0 Å². The van der Waals surface area contributed by atoms with E-state index >= 15 is 0 Å². The molecule has 0 heterocycles. The number of hydrogen-bond acceptors (Lipinski definition) is 3. The van der Waals surface area contributed by atoms with Crippen molar-refractivity contribution in [3.8, 4) is 5.75 Å². The number of phenols is 1. The second-order valence-electron chi connectivity index (χ2n) is 8.26. The van der Waals surface area contributed by atoms with E-state index in [2.05, 4.69) is 6.92 Å². The fourth-order valence-corrected chi connectivity index (χ4v) is 5.82. The topological polar surface area (TPSA) is 46.5 Å². The number of esters is 1. The zero-order valence-electron chi connectivity index (χ0n) is 13.8. The van der Waals surface area contributed by atoms with Crippen LogP contribution in [-0.4, -0.2) is 17.2 Å². The Morgan fingerprint density at radius 3 is 2.17 bits per heavy atom. The van der Waals surface area contributed by atoms with E-state index < -0.39 is 0 Å². The molecule has 4 aliphatic carbocycles. The summed E-state index contributed by atoms with van der Waals surface area (Å²) in [6.07, 6.45) is 8.32. The van der Waals surface area contributed by atoms with Gasteiger partial charge in [-0.05, 0) is 80.9 Å². The standard InChI is InChI=1S/C20H26O3/c1-13(23-19(22)9-14-2-4-18(21)5-3-14)20-10-15-6-16(11-20)8-17(7-15)12-20/h2-5,13,15-17,21H,6-12H2,1H3. The molecule has 4 bridgehead atoms. The third-order valence-corrected chi connectivity index (χ3v) is 6.54. The van der Waals surface area contributed by atoms with Crippen LogP contribution in [0.1, 0.15) is 51.0 Å². The molecule has 0 aromatic heterocycles. The highest BCUT2D eigenvalue weighted by molar-refractivity contribution is 5.72. The molecule has 4 aliphatic rings. The Morgan fingerprint density at radius 1 is 1.13 bits per heavy atom. The lowest BCUT2D eigenvalue weighted by molar-refractivity contribution is -0.169. The Balaban J connectivity index is 1.40. The van der Waals surface area contributed by atoms with Crippen molar-refractivity contribution < 1.29 is 14.6 Å². The molecule has 23 heavy (non-hydrogen) atoms. The molecule has 5 rings (SSSR count). The second kappa shape index (κ2) is 5.54. The Bertz CT molecular complexity index is 554. The van der Waals surface area contributed by atoms with Crippen LogP contribution < -0.4 is 0 Å². The summed E-state index contributed by atoms with van der Waals surface area (Å²) in [4.78, 5) is 12.3. The summed E-state index contributed by atoms with van der Waals surface area (Å²) < 4.78 is 5.87. The van der Waals surface area contributed by atoms with E-state index in [0.29, 0.717) is 0 Å². The van der Waals surface area contributed by atoms with Gasteiger partial charge >= 0.3 is 5.97 Å². The van der Waals surface area contributed by atoms with Crippen LogP contribution in [0.25, 0.3) is 0 Å². The van der Waals surface area contributed by atoms with Gasteiger partial charge < -0.3 is 9.84 Å². The Hall–Kier alpha value is -1.51. The van der Waals surface area contributed by atoms with Crippen molar-refractivity contribution in [2.24, 2.45) is 23.2 Å². The molecule has 4 fully saturated rings. The minimum absolute atomic E-state index is 0.0283. The summed E-state index contributed by atoms with van der Waals surface area (Å²) >= 11 is 0. The first-order valence-electron chi connectivity index (χ1n) is 9.00. The van der Waals surface area contributed by atoms with Crippen molar-refractivity contribution in [2.75, 3.05) is 0 Å². The fraction of sp³-hybridized carbons (Fsp3) is 0.650. The van der Waals surface area contributed by atoms with Crippen LogP contribution in [0.2, 0.25) is 0 Å². The van der Waals surface area contributed by atoms with E-state index in [1.807, 2.05) is 0 Å². The fourth-order valence-electron chi connectivity index (χ4n) is 5.82. The van der Waals surface area contributed by atoms with Gasteiger partial charge in [-0.25, -0.2) is 0 Å². The van der Waals surface area contributed by atoms with E-state index in [0.717, 1.165) is 23.3 Å². The van der Waals surface area contributed by atoms with Crippen molar-refractivity contribution in [2.45, 2.75) is 58.0 Å². The maximum Gasteiger partial charge on any atom is 0.310 e. The number of aromatic hydroxyl groups is 1. The average molecular weight is 314 g/mol. The van der Waals surface area contributed by atoms with Gasteiger partial charge in [-0.15, -0.1) is 0 Å². The number of ether oxygens (including phenoxy) is 1. The van der Waals surface area contributed by atoms with Gasteiger partial charge in [0.2, 0.25) is 0 Å². The van der Waals surface area contributed by atoms with Gasteiger partial charge in [-0.1, -0.05) is 12.1 Å². The molecule has 1 atom stereocenters. The molecule has 1 aromatic carbocycles. The molecule has 124 valence electrons. The summed E-state index contributed by atoms with van der Waals surface area (Å²) in [6, 6.07) is 6.80. The number of phenolic OH excluding ortho intramolecular Hbond substituents is 1. The molecule has 1 N–H and O–H groups in total. The van der Waals surface area contributed by atoms with Gasteiger partial charge in [0.05, 0.1) is 6.42 Å². The van der Waals surface area contributed by atoms with E-state index in [9.17, 15) is 9.90 Å². The molecule has 4 saturated carbocycles. The minimum atomic E-state index is -0.140. The quantitative estimate of drug-likeness (QED) is 0.852. The van der Waals surface area contributed by atoms with Crippen LogP contribution in [0.15, 0.2) is 24.3 Å². The summed E-state index contributed by atoms with van der Waals surface area (Å²) in [5.74, 6) is 2.71. The van der Waals surface area contributed by atoms with E-state index in [1.54, 1.807) is 24.3 Å². The van der Waals surface area contributed by atoms with E-state index in [-0.39, 0.29) is 29.7 Å². The molecule has 0 saturated heterocycles. The molecule has 0 spiro atoms. The highest BCUT2D eigenvalue weighted by atomic mass is 16.5. The summed E-state index contributed by atoms with van der Waals surface area (Å²) in [5, 5.41) is 9.32. The summed E-state index contributed by atoms with van der Waals surface area (Å²) in [7, 11) is 0. The molecule has 1 unspecified atom stereocenters. The van der Waals surface area contributed by atoms with Crippen molar-refractivity contribution in [1.82, 2.24) is 0 Å². The van der Waals surface area contributed by atoms with Crippen molar-refractivity contribution in [1.29, 1.82) is 0 Å². The maximum atomic E-state index is 12.3. The lowest BCUT2D eigenvalue weighted by Crippen LogP contribution is -2.52. The zero-order chi connectivity index (χ0) is 16.0. The SMILES string of the molecule is CC(OC(=O)Cc1ccc(O)cc1)C12CC3CC(CC(C3)C1)C2. The van der Waals surface area contributed by atoms with E-state index in [4.69, 9.17) is 4.74 Å². The Labute approximate surface area is 138 Å².